The summed E-state index contributed by atoms with van der Waals surface area (Å²) in [6.45, 7) is 5.27. The molecule has 33 heavy (non-hydrogen) atoms. The summed E-state index contributed by atoms with van der Waals surface area (Å²) < 4.78 is 25.3. The molecule has 0 spiro atoms. The molecule has 1 saturated carbocycles. The second kappa shape index (κ2) is 8.91. The van der Waals surface area contributed by atoms with Crippen LogP contribution in [-0.2, 0) is 6.54 Å². The predicted molar refractivity (Wildman–Crippen MR) is 124 cm³/mol. The molecule has 4 heterocycles. The fourth-order valence-corrected chi connectivity index (χ4v) is 5.09. The lowest BCUT2D eigenvalue weighted by molar-refractivity contribution is 0.0716. The number of hydrogen-bond donors (Lipinski definition) is 1. The van der Waals surface area contributed by atoms with Crippen LogP contribution in [-0.4, -0.2) is 59.9 Å². The summed E-state index contributed by atoms with van der Waals surface area (Å²) in [6, 6.07) is 11.8. The molecule has 2 atom stereocenters. The molecule has 2 aliphatic heterocycles. The number of hydrogen-bond acceptors (Lipinski definition) is 7. The lowest BCUT2D eigenvalue weighted by Crippen LogP contribution is -2.57. The van der Waals surface area contributed by atoms with Gasteiger partial charge in [-0.3, -0.25) is 4.90 Å². The van der Waals surface area contributed by atoms with Gasteiger partial charge in [-0.05, 0) is 49.9 Å². The van der Waals surface area contributed by atoms with E-state index in [-0.39, 0.29) is 5.82 Å². The van der Waals surface area contributed by atoms with Gasteiger partial charge in [0.1, 0.15) is 5.82 Å². The first kappa shape index (κ1) is 20.9. The number of rotatable bonds is 7. The van der Waals surface area contributed by atoms with Crippen LogP contribution in [0.3, 0.4) is 0 Å². The minimum atomic E-state index is -0.259. The molecule has 1 aliphatic carbocycles. The molecular weight excluding hydrogens is 421 g/mol. The molecule has 174 valence electrons. The smallest absolute Gasteiger partial charge is 0.213 e. The topological polar surface area (TPSA) is 66.7 Å². The minimum Gasteiger partial charge on any atom is -0.477 e. The van der Waals surface area contributed by atoms with Gasteiger partial charge in [0, 0.05) is 56.8 Å². The number of piperazine rings is 1. The normalized spacial score (nSPS) is 23.6. The quantitative estimate of drug-likeness (QED) is 0.589. The maximum atomic E-state index is 13.7. The number of aromatic nitrogens is 2. The molecule has 0 amide bonds. The first-order valence-electron chi connectivity index (χ1n) is 12.1. The van der Waals surface area contributed by atoms with Crippen LogP contribution >= 0.6 is 0 Å². The van der Waals surface area contributed by atoms with Crippen LogP contribution in [0.5, 0.6) is 5.88 Å². The van der Waals surface area contributed by atoms with Crippen molar-refractivity contribution in [3.8, 4) is 5.88 Å². The number of pyridine rings is 1. The second-order valence-electron chi connectivity index (χ2n) is 9.62. The van der Waals surface area contributed by atoms with Gasteiger partial charge < -0.3 is 19.5 Å². The van der Waals surface area contributed by atoms with E-state index >= 15 is 0 Å². The van der Waals surface area contributed by atoms with Crippen molar-refractivity contribution in [1.82, 2.24) is 20.4 Å². The summed E-state index contributed by atoms with van der Waals surface area (Å²) in [5.41, 5.74) is 1.68. The van der Waals surface area contributed by atoms with E-state index in [1.807, 2.05) is 12.1 Å². The highest BCUT2D eigenvalue weighted by Crippen LogP contribution is 2.31. The van der Waals surface area contributed by atoms with Gasteiger partial charge in [-0.1, -0.05) is 11.2 Å². The van der Waals surface area contributed by atoms with Crippen molar-refractivity contribution in [1.29, 1.82) is 0 Å². The molecule has 2 saturated heterocycles. The van der Waals surface area contributed by atoms with Gasteiger partial charge in [-0.2, -0.15) is 0 Å². The summed E-state index contributed by atoms with van der Waals surface area (Å²) in [7, 11) is 0. The Hall–Kier alpha value is -2.71. The monoisotopic (exact) mass is 451 g/mol. The van der Waals surface area contributed by atoms with Gasteiger partial charge in [0.05, 0.1) is 17.7 Å². The zero-order valence-electron chi connectivity index (χ0n) is 18.8. The molecule has 6 rings (SSSR count). The molecule has 2 aromatic heterocycles. The number of ether oxygens (including phenoxy) is 1. The van der Waals surface area contributed by atoms with Crippen molar-refractivity contribution in [2.75, 3.05) is 37.7 Å². The Kier molecular flexibility index (Phi) is 5.63. The van der Waals surface area contributed by atoms with E-state index in [4.69, 9.17) is 9.26 Å². The lowest BCUT2D eigenvalue weighted by atomic mass is 9.91. The summed E-state index contributed by atoms with van der Waals surface area (Å²) in [4.78, 5) is 9.47. The number of nitrogens with zero attached hydrogens (tertiary/aromatic N) is 4. The van der Waals surface area contributed by atoms with Crippen molar-refractivity contribution in [3.05, 3.63) is 47.9 Å². The number of benzene rings is 1. The Labute approximate surface area is 192 Å². The molecule has 3 aliphatic rings. The minimum absolute atomic E-state index is 0.259. The number of anilines is 1. The van der Waals surface area contributed by atoms with Crippen molar-refractivity contribution in [3.63, 3.8) is 0 Å². The third-order valence-electron chi connectivity index (χ3n) is 7.12. The van der Waals surface area contributed by atoms with Gasteiger partial charge in [0.2, 0.25) is 5.88 Å². The first-order chi connectivity index (χ1) is 16.2. The maximum Gasteiger partial charge on any atom is 0.213 e. The van der Waals surface area contributed by atoms with Crippen molar-refractivity contribution >= 4 is 16.8 Å². The number of halogens is 1. The van der Waals surface area contributed by atoms with Crippen molar-refractivity contribution < 1.29 is 13.7 Å². The standard InChI is InChI=1S/C25H30FN5O2/c26-18-5-9-23-22(12-18)25(29-33-23)31-11-10-30-14-17(4-8-21(30)15-31)16-32-24-3-1-2-20(28-24)13-27-19-6-7-19/h1-3,5,9,12,17,19,21,27H,4,6-8,10-11,13-16H2. The van der Waals surface area contributed by atoms with Crippen LogP contribution in [0.2, 0.25) is 0 Å². The van der Waals surface area contributed by atoms with E-state index in [0.29, 0.717) is 30.2 Å². The van der Waals surface area contributed by atoms with E-state index in [0.717, 1.165) is 68.3 Å². The van der Waals surface area contributed by atoms with E-state index in [1.165, 1.54) is 25.0 Å². The number of nitrogens with one attached hydrogen (secondary N) is 1. The molecule has 2 unspecified atom stereocenters. The van der Waals surface area contributed by atoms with Gasteiger partial charge in [0.25, 0.3) is 0 Å². The maximum absolute atomic E-state index is 13.7. The van der Waals surface area contributed by atoms with Crippen LogP contribution in [0.4, 0.5) is 10.2 Å². The van der Waals surface area contributed by atoms with Gasteiger partial charge in [-0.15, -0.1) is 0 Å². The van der Waals surface area contributed by atoms with Crippen LogP contribution in [0.25, 0.3) is 11.0 Å². The summed E-state index contributed by atoms with van der Waals surface area (Å²) in [6.07, 6.45) is 4.81. The van der Waals surface area contributed by atoms with E-state index in [9.17, 15) is 4.39 Å². The molecule has 0 bridgehead atoms. The molecule has 3 fully saturated rings. The molecule has 8 heteroatoms. The molecule has 1 N–H and O–H groups in total. The van der Waals surface area contributed by atoms with Crippen LogP contribution in [0.15, 0.2) is 40.9 Å². The molecular formula is C25H30FN5O2. The lowest BCUT2D eigenvalue weighted by Gasteiger charge is -2.46. The first-order valence-corrected chi connectivity index (χ1v) is 12.1. The Morgan fingerprint density at radius 1 is 1.09 bits per heavy atom. The third-order valence-corrected chi connectivity index (χ3v) is 7.12. The predicted octanol–water partition coefficient (Wildman–Crippen LogP) is 3.59. The van der Waals surface area contributed by atoms with Gasteiger partial charge >= 0.3 is 0 Å². The van der Waals surface area contributed by atoms with Crippen molar-refractivity contribution in [2.45, 2.75) is 44.3 Å². The van der Waals surface area contributed by atoms with Crippen LogP contribution in [0, 0.1) is 11.7 Å². The molecule has 3 aromatic rings. The largest absolute Gasteiger partial charge is 0.477 e. The second-order valence-corrected chi connectivity index (χ2v) is 9.62. The van der Waals surface area contributed by atoms with Gasteiger partial charge in [0.15, 0.2) is 11.4 Å². The average molecular weight is 452 g/mol. The highest BCUT2D eigenvalue weighted by atomic mass is 19.1. The summed E-state index contributed by atoms with van der Waals surface area (Å²) >= 11 is 0. The number of fused-ring (bicyclic) bond motifs is 2. The fourth-order valence-electron chi connectivity index (χ4n) is 5.09. The molecule has 7 nitrogen and oxygen atoms in total. The van der Waals surface area contributed by atoms with E-state index in [2.05, 4.69) is 31.3 Å². The Bertz CT molecular complexity index is 1120. The van der Waals surface area contributed by atoms with Gasteiger partial charge in [-0.25, -0.2) is 9.37 Å². The number of piperidine rings is 1. The summed E-state index contributed by atoms with van der Waals surface area (Å²) in [5.74, 6) is 1.73. The Morgan fingerprint density at radius 2 is 2.03 bits per heavy atom. The zero-order valence-corrected chi connectivity index (χ0v) is 18.8. The zero-order chi connectivity index (χ0) is 22.2. The van der Waals surface area contributed by atoms with E-state index in [1.54, 1.807) is 6.07 Å². The average Bonchev–Trinajstić information content (AvgIpc) is 3.59. The fraction of sp³-hybridized carbons (Fsp3) is 0.520. The van der Waals surface area contributed by atoms with Crippen LogP contribution < -0.4 is 15.0 Å². The highest BCUT2D eigenvalue weighted by molar-refractivity contribution is 5.88. The van der Waals surface area contributed by atoms with Crippen molar-refractivity contribution in [2.24, 2.45) is 5.92 Å². The Balaban J connectivity index is 1.03. The van der Waals surface area contributed by atoms with E-state index < -0.39 is 0 Å². The molecule has 1 aromatic carbocycles. The van der Waals surface area contributed by atoms with Crippen LogP contribution in [0.1, 0.15) is 31.4 Å². The SMILES string of the molecule is Fc1ccc2onc(N3CCN4CC(COc5cccc(CNC6CC6)n5)CCC4C3)c2c1. The Morgan fingerprint density at radius 3 is 2.94 bits per heavy atom. The summed E-state index contributed by atoms with van der Waals surface area (Å²) in [5, 5.41) is 8.51. The highest BCUT2D eigenvalue weighted by Gasteiger charge is 2.34. The molecule has 0 radical (unpaired) electrons. The third kappa shape index (κ3) is 4.68.